The van der Waals surface area contributed by atoms with E-state index >= 15 is 0 Å². The van der Waals surface area contributed by atoms with Gasteiger partial charge in [0.15, 0.2) is 5.58 Å². The van der Waals surface area contributed by atoms with E-state index in [0.29, 0.717) is 23.8 Å². The third-order valence-corrected chi connectivity index (χ3v) is 3.47. The molecule has 3 rings (SSSR count). The van der Waals surface area contributed by atoms with E-state index in [0.717, 1.165) is 16.8 Å². The van der Waals surface area contributed by atoms with Crippen molar-refractivity contribution in [3.63, 3.8) is 0 Å². The number of fused-ring (bicyclic) bond motifs is 1. The number of hydrogen-bond acceptors (Lipinski definition) is 3. The maximum Gasteiger partial charge on any atom is 0.420 e. The van der Waals surface area contributed by atoms with Crippen LogP contribution in [0.5, 0.6) is 5.75 Å². The normalized spacial score (nSPS) is 11.0. The molecule has 0 saturated heterocycles. The number of oxazole rings is 1. The minimum Gasteiger partial charge on any atom is -0.494 e. The van der Waals surface area contributed by atoms with Crippen LogP contribution >= 0.6 is 11.6 Å². The molecule has 0 radical (unpaired) electrons. The predicted octanol–water partition coefficient (Wildman–Crippen LogP) is 3.69. The summed E-state index contributed by atoms with van der Waals surface area (Å²) in [5.74, 6) is 0.369. The minimum atomic E-state index is -0.404. The summed E-state index contributed by atoms with van der Waals surface area (Å²) in [4.78, 5) is 12.0. The Morgan fingerprint density at radius 1 is 1.24 bits per heavy atom. The van der Waals surface area contributed by atoms with Gasteiger partial charge < -0.3 is 9.15 Å². The highest BCUT2D eigenvalue weighted by Gasteiger charge is 2.12. The summed E-state index contributed by atoms with van der Waals surface area (Å²) in [5, 5.41) is 0.540. The number of rotatable bonds is 4. The first-order chi connectivity index (χ1) is 10.2. The van der Waals surface area contributed by atoms with E-state index in [2.05, 4.69) is 0 Å². The lowest BCUT2D eigenvalue weighted by atomic mass is 10.2. The number of aromatic nitrogens is 1. The second-order valence-corrected chi connectivity index (χ2v) is 5.04. The van der Waals surface area contributed by atoms with Gasteiger partial charge in [0, 0.05) is 16.7 Å². The van der Waals surface area contributed by atoms with E-state index in [4.69, 9.17) is 20.8 Å². The van der Waals surface area contributed by atoms with Gasteiger partial charge in [-0.25, -0.2) is 4.79 Å². The fourth-order valence-corrected chi connectivity index (χ4v) is 2.45. The van der Waals surface area contributed by atoms with Crippen molar-refractivity contribution in [1.82, 2.24) is 4.57 Å². The van der Waals surface area contributed by atoms with Gasteiger partial charge in [-0.2, -0.15) is 0 Å². The molecule has 0 N–H and O–H groups in total. The van der Waals surface area contributed by atoms with Gasteiger partial charge in [-0.1, -0.05) is 29.8 Å². The second-order valence-electron chi connectivity index (χ2n) is 4.61. The summed E-state index contributed by atoms with van der Waals surface area (Å²) < 4.78 is 12.4. The number of halogens is 1. The van der Waals surface area contributed by atoms with Gasteiger partial charge in [-0.15, -0.1) is 0 Å². The maximum absolute atomic E-state index is 12.0. The van der Waals surface area contributed by atoms with Crippen LogP contribution in [-0.2, 0) is 6.54 Å². The quantitative estimate of drug-likeness (QED) is 0.738. The van der Waals surface area contributed by atoms with Crippen LogP contribution in [0.2, 0.25) is 5.02 Å². The number of benzene rings is 2. The van der Waals surface area contributed by atoms with Gasteiger partial charge in [0.1, 0.15) is 5.75 Å². The second kappa shape index (κ2) is 5.66. The number of hydrogen-bond donors (Lipinski definition) is 0. The highest BCUT2D eigenvalue weighted by molar-refractivity contribution is 6.31. The van der Waals surface area contributed by atoms with Crippen LogP contribution in [0.3, 0.4) is 0 Å². The van der Waals surface area contributed by atoms with Crippen molar-refractivity contribution < 1.29 is 9.15 Å². The Kier molecular flexibility index (Phi) is 3.71. The molecular weight excluding hydrogens is 290 g/mol. The molecule has 1 aromatic heterocycles. The van der Waals surface area contributed by atoms with Gasteiger partial charge in [-0.05, 0) is 25.1 Å². The SMILES string of the molecule is CCOc1ccccc1Cn1c(=O)oc2cc(Cl)ccc21. The first-order valence-electron chi connectivity index (χ1n) is 6.68. The van der Waals surface area contributed by atoms with Gasteiger partial charge >= 0.3 is 5.76 Å². The third kappa shape index (κ3) is 2.67. The molecule has 0 aliphatic carbocycles. The molecule has 2 aromatic carbocycles. The molecule has 0 bridgehead atoms. The summed E-state index contributed by atoms with van der Waals surface area (Å²) >= 11 is 5.92. The molecule has 1 heterocycles. The summed E-state index contributed by atoms with van der Waals surface area (Å²) in [5.41, 5.74) is 2.14. The van der Waals surface area contributed by atoms with E-state index < -0.39 is 5.76 Å². The molecule has 5 heteroatoms. The maximum atomic E-state index is 12.0. The van der Waals surface area contributed by atoms with Crippen LogP contribution in [-0.4, -0.2) is 11.2 Å². The first-order valence-corrected chi connectivity index (χ1v) is 7.06. The fraction of sp³-hybridized carbons (Fsp3) is 0.188. The Hall–Kier alpha value is -2.20. The molecule has 0 amide bonds. The van der Waals surface area contributed by atoms with Crippen LogP contribution in [0.25, 0.3) is 11.1 Å². The van der Waals surface area contributed by atoms with Crippen molar-refractivity contribution in [3.8, 4) is 5.75 Å². The molecular formula is C16H14ClNO3. The largest absolute Gasteiger partial charge is 0.494 e. The zero-order valence-electron chi connectivity index (χ0n) is 11.5. The topological polar surface area (TPSA) is 44.4 Å². The predicted molar refractivity (Wildman–Crippen MR) is 82.2 cm³/mol. The molecule has 0 spiro atoms. The van der Waals surface area contributed by atoms with Crippen LogP contribution < -0.4 is 10.5 Å². The monoisotopic (exact) mass is 303 g/mol. The number of para-hydroxylation sites is 1. The van der Waals surface area contributed by atoms with Crippen LogP contribution in [0, 0.1) is 0 Å². The highest BCUT2D eigenvalue weighted by Crippen LogP contribution is 2.22. The van der Waals surface area contributed by atoms with Crippen molar-refractivity contribution in [2.24, 2.45) is 0 Å². The van der Waals surface area contributed by atoms with Crippen molar-refractivity contribution >= 4 is 22.7 Å². The summed E-state index contributed by atoms with van der Waals surface area (Å²) in [7, 11) is 0. The Morgan fingerprint density at radius 2 is 2.05 bits per heavy atom. The molecule has 21 heavy (non-hydrogen) atoms. The van der Waals surface area contributed by atoms with Crippen molar-refractivity contribution in [2.45, 2.75) is 13.5 Å². The fourth-order valence-electron chi connectivity index (χ4n) is 2.29. The number of ether oxygens (including phenoxy) is 1. The van der Waals surface area contributed by atoms with Gasteiger partial charge in [-0.3, -0.25) is 4.57 Å². The summed E-state index contributed by atoms with van der Waals surface area (Å²) in [6, 6.07) is 12.8. The minimum absolute atomic E-state index is 0.392. The lowest BCUT2D eigenvalue weighted by Gasteiger charge is -2.10. The summed E-state index contributed by atoms with van der Waals surface area (Å²) in [6.07, 6.45) is 0. The van der Waals surface area contributed by atoms with Crippen molar-refractivity contribution in [3.05, 3.63) is 63.6 Å². The van der Waals surface area contributed by atoms with Gasteiger partial charge in [0.2, 0.25) is 0 Å². The van der Waals surface area contributed by atoms with Crippen molar-refractivity contribution in [2.75, 3.05) is 6.61 Å². The Morgan fingerprint density at radius 3 is 2.86 bits per heavy atom. The number of nitrogens with zero attached hydrogens (tertiary/aromatic N) is 1. The lowest BCUT2D eigenvalue weighted by Crippen LogP contribution is -2.15. The molecule has 0 aliphatic heterocycles. The average Bonchev–Trinajstić information content (AvgIpc) is 2.76. The molecule has 0 aliphatic rings. The van der Waals surface area contributed by atoms with Crippen LogP contribution in [0.4, 0.5) is 0 Å². The molecule has 0 saturated carbocycles. The zero-order valence-corrected chi connectivity index (χ0v) is 12.3. The smallest absolute Gasteiger partial charge is 0.420 e. The molecule has 4 nitrogen and oxygen atoms in total. The standard InChI is InChI=1S/C16H14ClNO3/c1-2-20-14-6-4-3-5-11(14)10-18-13-8-7-12(17)9-15(13)21-16(18)19/h3-9H,2,10H2,1H3. The zero-order chi connectivity index (χ0) is 14.8. The molecule has 3 aromatic rings. The van der Waals surface area contributed by atoms with E-state index in [9.17, 15) is 4.79 Å². The van der Waals surface area contributed by atoms with E-state index in [1.54, 1.807) is 22.8 Å². The first kappa shape index (κ1) is 13.8. The third-order valence-electron chi connectivity index (χ3n) is 3.23. The van der Waals surface area contributed by atoms with Gasteiger partial charge in [0.05, 0.1) is 18.7 Å². The molecule has 0 atom stereocenters. The Labute approximate surface area is 126 Å². The molecule has 108 valence electrons. The molecule has 0 unspecified atom stereocenters. The van der Waals surface area contributed by atoms with Crippen molar-refractivity contribution in [1.29, 1.82) is 0 Å². The Balaban J connectivity index is 2.06. The van der Waals surface area contributed by atoms with Crippen LogP contribution in [0.1, 0.15) is 12.5 Å². The highest BCUT2D eigenvalue weighted by atomic mass is 35.5. The molecule has 0 fully saturated rings. The average molecular weight is 304 g/mol. The van der Waals surface area contributed by atoms with Gasteiger partial charge in [0.25, 0.3) is 0 Å². The van der Waals surface area contributed by atoms with E-state index in [-0.39, 0.29) is 0 Å². The van der Waals surface area contributed by atoms with E-state index in [1.165, 1.54) is 0 Å². The Bertz CT molecular complexity index is 835. The summed E-state index contributed by atoms with van der Waals surface area (Å²) in [6.45, 7) is 2.90. The van der Waals surface area contributed by atoms with Crippen LogP contribution in [0.15, 0.2) is 51.7 Å². The lowest BCUT2D eigenvalue weighted by molar-refractivity contribution is 0.335. The van der Waals surface area contributed by atoms with E-state index in [1.807, 2.05) is 31.2 Å².